The van der Waals surface area contributed by atoms with Gasteiger partial charge in [0.15, 0.2) is 5.65 Å². The van der Waals surface area contributed by atoms with Crippen molar-refractivity contribution in [2.75, 3.05) is 6.54 Å². The van der Waals surface area contributed by atoms with Gasteiger partial charge in [-0.2, -0.15) is 0 Å². The molecule has 0 bridgehead atoms. The third-order valence-corrected chi connectivity index (χ3v) is 5.20. The summed E-state index contributed by atoms with van der Waals surface area (Å²) in [5.74, 6) is -0.702. The molecule has 0 aliphatic rings. The lowest BCUT2D eigenvalue weighted by atomic mass is 10.1. The van der Waals surface area contributed by atoms with Crippen molar-refractivity contribution in [3.8, 4) is 0 Å². The van der Waals surface area contributed by atoms with Gasteiger partial charge in [-0.3, -0.25) is 13.9 Å². The molecule has 2 aromatic heterocycles. The normalized spacial score (nSPS) is 11.0. The molecule has 4 aromatic rings. The van der Waals surface area contributed by atoms with Gasteiger partial charge in [-0.05, 0) is 36.2 Å². The van der Waals surface area contributed by atoms with Gasteiger partial charge in [0, 0.05) is 19.3 Å². The van der Waals surface area contributed by atoms with Crippen molar-refractivity contribution >= 4 is 17.1 Å². The number of imidazole rings is 1. The van der Waals surface area contributed by atoms with E-state index in [0.29, 0.717) is 17.8 Å². The Morgan fingerprint density at radius 2 is 1.81 bits per heavy atom. The number of halogens is 1. The predicted octanol–water partition coefficient (Wildman–Crippen LogP) is 3.05. The van der Waals surface area contributed by atoms with E-state index in [1.165, 1.54) is 6.07 Å². The summed E-state index contributed by atoms with van der Waals surface area (Å²) in [6.45, 7) is 2.98. The fourth-order valence-electron chi connectivity index (χ4n) is 3.56. The van der Waals surface area contributed by atoms with Crippen molar-refractivity contribution in [2.45, 2.75) is 26.4 Å². The molecule has 0 aliphatic carbocycles. The predicted molar refractivity (Wildman–Crippen MR) is 117 cm³/mol. The number of aryl methyl sites for hydroxylation is 1. The highest BCUT2D eigenvalue weighted by molar-refractivity contribution is 5.78. The Morgan fingerprint density at radius 1 is 1.03 bits per heavy atom. The quantitative estimate of drug-likeness (QED) is 0.502. The third-order valence-electron chi connectivity index (χ3n) is 5.20. The summed E-state index contributed by atoms with van der Waals surface area (Å²) in [4.78, 5) is 29.7. The number of hydrogen-bond donors (Lipinski definition) is 1. The average molecular weight is 418 g/mol. The van der Waals surface area contributed by atoms with Crippen molar-refractivity contribution in [1.82, 2.24) is 19.4 Å². The van der Waals surface area contributed by atoms with Gasteiger partial charge in [0.1, 0.15) is 5.82 Å². The molecule has 0 atom stereocenters. The standard InChI is InChI=1S/C24H23FN4O2/c1-17-8-10-18(11-9-17)16-29-21-7-4-12-27-23(21)28(24(29)31)14-13-26-22(30)15-19-5-2-3-6-20(19)25/h2-12H,13-16H2,1H3,(H,26,30). The first-order valence-electron chi connectivity index (χ1n) is 10.1. The summed E-state index contributed by atoms with van der Waals surface area (Å²) in [5.41, 5.74) is 3.65. The van der Waals surface area contributed by atoms with Crippen LogP contribution in [0.15, 0.2) is 71.7 Å². The summed E-state index contributed by atoms with van der Waals surface area (Å²) < 4.78 is 17.0. The van der Waals surface area contributed by atoms with E-state index >= 15 is 0 Å². The summed E-state index contributed by atoms with van der Waals surface area (Å²) in [6, 6.07) is 17.9. The fraction of sp³-hybridized carbons (Fsp3) is 0.208. The van der Waals surface area contributed by atoms with Crippen molar-refractivity contribution < 1.29 is 9.18 Å². The maximum Gasteiger partial charge on any atom is 0.330 e. The molecule has 158 valence electrons. The Morgan fingerprint density at radius 3 is 2.58 bits per heavy atom. The van der Waals surface area contributed by atoms with Gasteiger partial charge in [0.2, 0.25) is 5.91 Å². The van der Waals surface area contributed by atoms with Gasteiger partial charge in [-0.25, -0.2) is 14.2 Å². The lowest BCUT2D eigenvalue weighted by Crippen LogP contribution is -2.32. The molecule has 2 heterocycles. The summed E-state index contributed by atoms with van der Waals surface area (Å²) in [7, 11) is 0. The minimum absolute atomic E-state index is 0.0466. The van der Waals surface area contributed by atoms with E-state index in [9.17, 15) is 14.0 Å². The Bertz CT molecular complexity index is 1270. The zero-order chi connectivity index (χ0) is 21.8. The minimum atomic E-state index is -0.405. The maximum absolute atomic E-state index is 13.7. The van der Waals surface area contributed by atoms with Gasteiger partial charge >= 0.3 is 5.69 Å². The molecule has 6 nitrogen and oxygen atoms in total. The first kappa shape index (κ1) is 20.5. The van der Waals surface area contributed by atoms with Crippen molar-refractivity contribution in [3.63, 3.8) is 0 Å². The second-order valence-electron chi connectivity index (χ2n) is 7.47. The Balaban J connectivity index is 1.49. The molecule has 1 N–H and O–H groups in total. The van der Waals surface area contributed by atoms with Crippen LogP contribution in [0, 0.1) is 12.7 Å². The number of carbonyl (C=O) groups excluding carboxylic acids is 1. The molecule has 0 unspecified atom stereocenters. The van der Waals surface area contributed by atoms with Crippen molar-refractivity contribution in [1.29, 1.82) is 0 Å². The number of fused-ring (bicyclic) bond motifs is 1. The van der Waals surface area contributed by atoms with Crippen LogP contribution in [0.1, 0.15) is 16.7 Å². The highest BCUT2D eigenvalue weighted by atomic mass is 19.1. The van der Waals surface area contributed by atoms with Crippen LogP contribution in [-0.2, 0) is 24.3 Å². The van der Waals surface area contributed by atoms with Crippen LogP contribution in [0.25, 0.3) is 11.2 Å². The molecule has 7 heteroatoms. The third kappa shape index (κ3) is 4.55. The van der Waals surface area contributed by atoms with E-state index in [-0.39, 0.29) is 31.1 Å². The summed E-state index contributed by atoms with van der Waals surface area (Å²) >= 11 is 0. The molecule has 0 spiro atoms. The van der Waals surface area contributed by atoms with Crippen LogP contribution in [-0.4, -0.2) is 26.6 Å². The van der Waals surface area contributed by atoms with Gasteiger partial charge < -0.3 is 5.32 Å². The van der Waals surface area contributed by atoms with Crippen LogP contribution in [0.5, 0.6) is 0 Å². The fourth-order valence-corrected chi connectivity index (χ4v) is 3.56. The number of rotatable bonds is 7. The van der Waals surface area contributed by atoms with E-state index in [1.54, 1.807) is 39.6 Å². The lowest BCUT2D eigenvalue weighted by molar-refractivity contribution is -0.120. The monoisotopic (exact) mass is 418 g/mol. The number of pyridine rings is 1. The lowest BCUT2D eigenvalue weighted by Gasteiger charge is -2.07. The first-order chi connectivity index (χ1) is 15.0. The van der Waals surface area contributed by atoms with Crippen LogP contribution in [0.4, 0.5) is 4.39 Å². The van der Waals surface area contributed by atoms with E-state index in [4.69, 9.17) is 0 Å². The number of benzene rings is 2. The van der Waals surface area contributed by atoms with Crippen LogP contribution >= 0.6 is 0 Å². The Kier molecular flexibility index (Phi) is 5.93. The van der Waals surface area contributed by atoms with Gasteiger partial charge in [-0.15, -0.1) is 0 Å². The molecule has 0 radical (unpaired) electrons. The minimum Gasteiger partial charge on any atom is -0.354 e. The molecule has 0 saturated carbocycles. The molecule has 1 amide bonds. The van der Waals surface area contributed by atoms with Crippen LogP contribution in [0.2, 0.25) is 0 Å². The van der Waals surface area contributed by atoms with Gasteiger partial charge in [-0.1, -0.05) is 48.0 Å². The second kappa shape index (κ2) is 8.95. The molecule has 2 aromatic carbocycles. The van der Waals surface area contributed by atoms with Gasteiger partial charge in [0.25, 0.3) is 0 Å². The SMILES string of the molecule is Cc1ccc(Cn2c(=O)n(CCNC(=O)Cc3ccccc3F)c3ncccc32)cc1. The number of aromatic nitrogens is 3. The Hall–Kier alpha value is -3.74. The number of hydrogen-bond acceptors (Lipinski definition) is 3. The highest BCUT2D eigenvalue weighted by Gasteiger charge is 2.15. The van der Waals surface area contributed by atoms with Crippen LogP contribution < -0.4 is 11.0 Å². The first-order valence-corrected chi connectivity index (χ1v) is 10.1. The summed E-state index contributed by atoms with van der Waals surface area (Å²) in [6.07, 6.45) is 1.60. The molecular weight excluding hydrogens is 395 g/mol. The zero-order valence-corrected chi connectivity index (χ0v) is 17.2. The molecule has 0 fully saturated rings. The number of nitrogens with zero attached hydrogens (tertiary/aromatic N) is 3. The van der Waals surface area contributed by atoms with Crippen molar-refractivity contribution in [2.24, 2.45) is 0 Å². The molecular formula is C24H23FN4O2. The van der Waals surface area contributed by atoms with E-state index in [0.717, 1.165) is 16.6 Å². The highest BCUT2D eigenvalue weighted by Crippen LogP contribution is 2.13. The maximum atomic E-state index is 13.7. The number of carbonyl (C=O) groups is 1. The summed E-state index contributed by atoms with van der Waals surface area (Å²) in [5, 5.41) is 2.76. The van der Waals surface area contributed by atoms with Crippen molar-refractivity contribution in [3.05, 3.63) is 99.9 Å². The molecule has 0 saturated heterocycles. The van der Waals surface area contributed by atoms with Crippen LogP contribution in [0.3, 0.4) is 0 Å². The topological polar surface area (TPSA) is 68.9 Å². The van der Waals surface area contributed by atoms with E-state index in [2.05, 4.69) is 10.3 Å². The smallest absolute Gasteiger partial charge is 0.330 e. The van der Waals surface area contributed by atoms with E-state index in [1.807, 2.05) is 37.3 Å². The second-order valence-corrected chi connectivity index (χ2v) is 7.47. The van der Waals surface area contributed by atoms with Gasteiger partial charge in [0.05, 0.1) is 18.5 Å². The average Bonchev–Trinajstić information content (AvgIpc) is 3.03. The zero-order valence-electron chi connectivity index (χ0n) is 17.2. The molecule has 0 aliphatic heterocycles. The number of nitrogens with one attached hydrogen (secondary N) is 1. The van der Waals surface area contributed by atoms with E-state index < -0.39 is 5.82 Å². The largest absolute Gasteiger partial charge is 0.354 e. The Labute approximate surface area is 179 Å². The molecule has 4 rings (SSSR count). The number of amides is 1. The molecule has 31 heavy (non-hydrogen) atoms.